The number of rotatable bonds is 4. The molecule has 0 N–H and O–H groups in total. The van der Waals surface area contributed by atoms with Gasteiger partial charge in [-0.2, -0.15) is 0 Å². The highest BCUT2D eigenvalue weighted by Crippen LogP contribution is 2.22. The molecule has 2 heterocycles. The number of aryl methyl sites for hydroxylation is 1. The fraction of sp³-hybridized carbons (Fsp3) is 0.688. The Hall–Kier alpha value is -1.09. The summed E-state index contributed by atoms with van der Waals surface area (Å²) in [5.74, 6) is 1.95. The van der Waals surface area contributed by atoms with E-state index < -0.39 is 0 Å². The van der Waals surface area contributed by atoms with Gasteiger partial charge in [-0.3, -0.25) is 0 Å². The predicted molar refractivity (Wildman–Crippen MR) is 83.8 cm³/mol. The minimum atomic E-state index is 0.789. The summed E-state index contributed by atoms with van der Waals surface area (Å²) >= 11 is 0. The standard InChI is InChI=1S/C14H23N3.C2H6/c1-4-13-6-5-7-14(15-13)17-9-8-12(11-17)10-16(2)3;1-2/h5-7,12H,4,8-11H2,1-3H3;1-2H3/t12-;/m1./s1. The smallest absolute Gasteiger partial charge is 0.128 e. The lowest BCUT2D eigenvalue weighted by molar-refractivity contribution is 0.340. The van der Waals surface area contributed by atoms with E-state index in [1.165, 1.54) is 18.7 Å². The summed E-state index contributed by atoms with van der Waals surface area (Å²) in [6.07, 6.45) is 2.30. The van der Waals surface area contributed by atoms with Crippen LogP contribution in [-0.4, -0.2) is 43.6 Å². The minimum Gasteiger partial charge on any atom is -0.356 e. The van der Waals surface area contributed by atoms with Crippen molar-refractivity contribution in [1.29, 1.82) is 0 Å². The third-order valence-electron chi connectivity index (χ3n) is 3.39. The molecule has 108 valence electrons. The van der Waals surface area contributed by atoms with Crippen LogP contribution in [0, 0.1) is 5.92 Å². The zero-order valence-electron chi connectivity index (χ0n) is 13.2. The van der Waals surface area contributed by atoms with E-state index in [1.807, 2.05) is 13.8 Å². The molecule has 0 aromatic carbocycles. The van der Waals surface area contributed by atoms with Crippen molar-refractivity contribution < 1.29 is 0 Å². The molecule has 0 radical (unpaired) electrons. The van der Waals surface area contributed by atoms with Crippen LogP contribution in [0.5, 0.6) is 0 Å². The molecule has 1 atom stereocenters. The summed E-state index contributed by atoms with van der Waals surface area (Å²) in [7, 11) is 4.30. The number of anilines is 1. The highest BCUT2D eigenvalue weighted by atomic mass is 15.2. The molecular weight excluding hydrogens is 234 g/mol. The van der Waals surface area contributed by atoms with Gasteiger partial charge in [0.15, 0.2) is 0 Å². The Morgan fingerprint density at radius 2 is 2.05 bits per heavy atom. The average molecular weight is 263 g/mol. The molecule has 1 aliphatic rings. The summed E-state index contributed by atoms with van der Waals surface area (Å²) < 4.78 is 0. The molecule has 3 nitrogen and oxygen atoms in total. The summed E-state index contributed by atoms with van der Waals surface area (Å²) in [6, 6.07) is 6.37. The van der Waals surface area contributed by atoms with Crippen LogP contribution in [0.1, 0.15) is 32.9 Å². The van der Waals surface area contributed by atoms with Gasteiger partial charge in [-0.05, 0) is 45.0 Å². The van der Waals surface area contributed by atoms with E-state index in [9.17, 15) is 0 Å². The lowest BCUT2D eigenvalue weighted by atomic mass is 10.1. The van der Waals surface area contributed by atoms with Crippen LogP contribution in [0.2, 0.25) is 0 Å². The second-order valence-corrected chi connectivity index (χ2v) is 5.20. The second kappa shape index (κ2) is 8.16. The lowest BCUT2D eigenvalue weighted by Crippen LogP contribution is -2.26. The van der Waals surface area contributed by atoms with Gasteiger partial charge in [0.25, 0.3) is 0 Å². The molecule has 0 amide bonds. The molecule has 19 heavy (non-hydrogen) atoms. The Labute approximate surface area is 118 Å². The van der Waals surface area contributed by atoms with Crippen LogP contribution in [0.3, 0.4) is 0 Å². The number of pyridine rings is 1. The molecule has 1 saturated heterocycles. The molecule has 0 spiro atoms. The Bertz CT molecular complexity index is 363. The molecule has 1 aliphatic heterocycles. The van der Waals surface area contributed by atoms with Crippen LogP contribution >= 0.6 is 0 Å². The average Bonchev–Trinajstić information content (AvgIpc) is 2.89. The van der Waals surface area contributed by atoms with E-state index in [0.717, 1.165) is 31.2 Å². The Morgan fingerprint density at radius 1 is 1.32 bits per heavy atom. The molecule has 1 fully saturated rings. The molecule has 2 rings (SSSR count). The molecular formula is C16H29N3. The largest absolute Gasteiger partial charge is 0.356 e. The highest BCUT2D eigenvalue weighted by molar-refractivity contribution is 5.40. The van der Waals surface area contributed by atoms with Gasteiger partial charge in [0.2, 0.25) is 0 Å². The van der Waals surface area contributed by atoms with E-state index in [0.29, 0.717) is 0 Å². The number of nitrogens with zero attached hydrogens (tertiary/aromatic N) is 3. The summed E-state index contributed by atoms with van der Waals surface area (Å²) in [5.41, 5.74) is 1.19. The molecule has 0 unspecified atom stereocenters. The first-order chi connectivity index (χ1) is 9.19. The number of aromatic nitrogens is 1. The zero-order chi connectivity index (χ0) is 14.3. The predicted octanol–water partition coefficient (Wildman–Crippen LogP) is 3.06. The van der Waals surface area contributed by atoms with Crippen molar-refractivity contribution >= 4 is 5.82 Å². The van der Waals surface area contributed by atoms with Crippen LogP contribution in [-0.2, 0) is 6.42 Å². The Morgan fingerprint density at radius 3 is 2.68 bits per heavy atom. The maximum atomic E-state index is 4.70. The van der Waals surface area contributed by atoms with Crippen molar-refractivity contribution in [2.45, 2.75) is 33.6 Å². The number of hydrogen-bond donors (Lipinski definition) is 0. The Balaban J connectivity index is 0.000000861. The first-order valence-electron chi connectivity index (χ1n) is 7.54. The van der Waals surface area contributed by atoms with Gasteiger partial charge in [-0.1, -0.05) is 26.8 Å². The molecule has 1 aromatic rings. The summed E-state index contributed by atoms with van der Waals surface area (Å²) in [4.78, 5) is 9.40. The normalized spacial score (nSPS) is 18.4. The van der Waals surface area contributed by atoms with Crippen LogP contribution in [0.25, 0.3) is 0 Å². The van der Waals surface area contributed by atoms with Crippen LogP contribution in [0.4, 0.5) is 5.82 Å². The monoisotopic (exact) mass is 263 g/mol. The maximum absolute atomic E-state index is 4.70. The third kappa shape index (κ3) is 4.83. The highest BCUT2D eigenvalue weighted by Gasteiger charge is 2.23. The second-order valence-electron chi connectivity index (χ2n) is 5.20. The Kier molecular flexibility index (Phi) is 6.85. The van der Waals surface area contributed by atoms with Gasteiger partial charge < -0.3 is 9.80 Å². The SMILES string of the molecule is CC.CCc1cccc(N2CC[C@H](CN(C)C)C2)n1. The van der Waals surface area contributed by atoms with Crippen LogP contribution in [0.15, 0.2) is 18.2 Å². The third-order valence-corrected chi connectivity index (χ3v) is 3.39. The van der Waals surface area contributed by atoms with E-state index >= 15 is 0 Å². The van der Waals surface area contributed by atoms with Gasteiger partial charge in [0, 0.05) is 25.3 Å². The van der Waals surface area contributed by atoms with Crippen molar-refractivity contribution in [3.8, 4) is 0 Å². The van der Waals surface area contributed by atoms with Crippen molar-refractivity contribution in [3.05, 3.63) is 23.9 Å². The van der Waals surface area contributed by atoms with E-state index in [1.54, 1.807) is 0 Å². The molecule has 0 bridgehead atoms. The van der Waals surface area contributed by atoms with Crippen LogP contribution < -0.4 is 4.90 Å². The first-order valence-corrected chi connectivity index (χ1v) is 7.54. The minimum absolute atomic E-state index is 0.789. The van der Waals surface area contributed by atoms with Gasteiger partial charge in [-0.25, -0.2) is 4.98 Å². The van der Waals surface area contributed by atoms with Crippen molar-refractivity contribution in [2.75, 3.05) is 38.6 Å². The molecule has 1 aromatic heterocycles. The van der Waals surface area contributed by atoms with Gasteiger partial charge >= 0.3 is 0 Å². The molecule has 0 saturated carbocycles. The quantitative estimate of drug-likeness (QED) is 0.832. The lowest BCUT2D eigenvalue weighted by Gasteiger charge is -2.19. The van der Waals surface area contributed by atoms with Gasteiger partial charge in [-0.15, -0.1) is 0 Å². The zero-order valence-corrected chi connectivity index (χ0v) is 13.2. The van der Waals surface area contributed by atoms with E-state index in [2.05, 4.69) is 49.0 Å². The summed E-state index contributed by atoms with van der Waals surface area (Å²) in [5, 5.41) is 0. The van der Waals surface area contributed by atoms with Crippen molar-refractivity contribution in [1.82, 2.24) is 9.88 Å². The van der Waals surface area contributed by atoms with E-state index in [-0.39, 0.29) is 0 Å². The summed E-state index contributed by atoms with van der Waals surface area (Å²) in [6.45, 7) is 9.64. The molecule has 3 heteroatoms. The topological polar surface area (TPSA) is 19.4 Å². The van der Waals surface area contributed by atoms with Crippen molar-refractivity contribution in [3.63, 3.8) is 0 Å². The van der Waals surface area contributed by atoms with Gasteiger partial charge in [0.05, 0.1) is 0 Å². The van der Waals surface area contributed by atoms with Gasteiger partial charge in [0.1, 0.15) is 5.82 Å². The van der Waals surface area contributed by atoms with Crippen molar-refractivity contribution in [2.24, 2.45) is 5.92 Å². The van der Waals surface area contributed by atoms with E-state index in [4.69, 9.17) is 4.98 Å². The maximum Gasteiger partial charge on any atom is 0.128 e. The number of hydrogen-bond acceptors (Lipinski definition) is 3. The fourth-order valence-electron chi connectivity index (χ4n) is 2.55. The fourth-order valence-corrected chi connectivity index (χ4v) is 2.55. The first kappa shape index (κ1) is 16.0. The molecule has 0 aliphatic carbocycles.